The number of carbonyl (C=O) groups is 2. The van der Waals surface area contributed by atoms with E-state index in [9.17, 15) is 18.0 Å². The van der Waals surface area contributed by atoms with Gasteiger partial charge in [-0.3, -0.25) is 14.5 Å². The average molecular weight is 452 g/mol. The van der Waals surface area contributed by atoms with Gasteiger partial charge in [-0.2, -0.15) is 4.31 Å². The van der Waals surface area contributed by atoms with Crippen LogP contribution in [0.5, 0.6) is 5.75 Å². The minimum atomic E-state index is -3.74. The minimum absolute atomic E-state index is 0.0467. The van der Waals surface area contributed by atoms with Crippen molar-refractivity contribution < 1.29 is 27.5 Å². The van der Waals surface area contributed by atoms with Gasteiger partial charge in [0.05, 0.1) is 30.3 Å². The van der Waals surface area contributed by atoms with Crippen LogP contribution in [0.15, 0.2) is 40.6 Å². The summed E-state index contributed by atoms with van der Waals surface area (Å²) in [7, 11) is -3.74. The molecule has 1 N–H and O–H groups in total. The summed E-state index contributed by atoms with van der Waals surface area (Å²) in [5.41, 5.74) is 0.270. The van der Waals surface area contributed by atoms with Crippen molar-refractivity contribution in [2.24, 2.45) is 0 Å². The molecule has 1 saturated heterocycles. The number of nitrogens with zero attached hydrogens (tertiary/aromatic N) is 2. The number of anilines is 1. The summed E-state index contributed by atoms with van der Waals surface area (Å²) in [6, 6.07) is 8.16. The quantitative estimate of drug-likeness (QED) is 0.697. The predicted molar refractivity (Wildman–Crippen MR) is 110 cm³/mol. The summed E-state index contributed by atoms with van der Waals surface area (Å²) in [5, 5.41) is 4.69. The molecule has 1 aromatic heterocycles. The first-order valence-corrected chi connectivity index (χ1v) is 11.7. The molecule has 1 fully saturated rings. The van der Waals surface area contributed by atoms with Crippen LogP contribution in [0.2, 0.25) is 0 Å². The van der Waals surface area contributed by atoms with Crippen LogP contribution in [0.3, 0.4) is 0 Å². The highest BCUT2D eigenvalue weighted by Crippen LogP contribution is 2.35. The Labute approximate surface area is 178 Å². The van der Waals surface area contributed by atoms with Gasteiger partial charge >= 0.3 is 0 Å². The zero-order valence-corrected chi connectivity index (χ0v) is 17.7. The largest absolute Gasteiger partial charge is 0.482 e. The van der Waals surface area contributed by atoms with E-state index in [4.69, 9.17) is 9.47 Å². The van der Waals surface area contributed by atoms with Crippen LogP contribution in [0, 0.1) is 0 Å². The number of hydrogen-bond acceptors (Lipinski definition) is 7. The van der Waals surface area contributed by atoms with E-state index in [0.717, 1.165) is 4.88 Å². The second kappa shape index (κ2) is 8.72. The average Bonchev–Trinajstić information content (AvgIpc) is 3.28. The first kappa shape index (κ1) is 20.8. The number of nitrogens with one attached hydrogen (secondary N) is 1. The third-order valence-corrected chi connectivity index (χ3v) is 7.59. The molecule has 11 heteroatoms. The third kappa shape index (κ3) is 4.33. The minimum Gasteiger partial charge on any atom is -0.482 e. The molecular weight excluding hydrogens is 430 g/mol. The van der Waals surface area contributed by atoms with Gasteiger partial charge < -0.3 is 14.8 Å². The van der Waals surface area contributed by atoms with Gasteiger partial charge in [0.1, 0.15) is 12.3 Å². The Bertz CT molecular complexity index is 1030. The van der Waals surface area contributed by atoms with Gasteiger partial charge in [0.25, 0.3) is 5.91 Å². The highest BCUT2D eigenvalue weighted by molar-refractivity contribution is 7.89. The standard InChI is InChI=1S/C19H21N3O6S2/c23-18(20-11-14-2-1-9-29-14)12-22-16-10-15(3-4-17(16)28-13-19(22)24)30(25,26)21-5-7-27-8-6-21/h1-4,9-10H,5-8,11-13H2,(H,20,23). The lowest BCUT2D eigenvalue weighted by Gasteiger charge is -2.30. The predicted octanol–water partition coefficient (Wildman–Crippen LogP) is 0.811. The zero-order valence-electron chi connectivity index (χ0n) is 16.1. The number of amides is 2. The Balaban J connectivity index is 1.54. The lowest BCUT2D eigenvalue weighted by Crippen LogP contribution is -2.45. The van der Waals surface area contributed by atoms with Crippen molar-refractivity contribution in [3.05, 3.63) is 40.6 Å². The molecule has 2 aliphatic heterocycles. The van der Waals surface area contributed by atoms with Gasteiger partial charge in [-0.1, -0.05) is 6.07 Å². The Morgan fingerprint density at radius 1 is 1.20 bits per heavy atom. The second-order valence-corrected chi connectivity index (χ2v) is 9.74. The normalized spacial score (nSPS) is 17.3. The van der Waals surface area contributed by atoms with Crippen LogP contribution in [-0.4, -0.2) is 64.0 Å². The van der Waals surface area contributed by atoms with Gasteiger partial charge in [0.2, 0.25) is 15.9 Å². The number of fused-ring (bicyclic) bond motifs is 1. The molecule has 0 bridgehead atoms. The van der Waals surface area contributed by atoms with E-state index in [1.807, 2.05) is 17.5 Å². The molecule has 1 aromatic carbocycles. The van der Waals surface area contributed by atoms with Gasteiger partial charge in [-0.05, 0) is 29.6 Å². The van der Waals surface area contributed by atoms with Crippen LogP contribution in [0.4, 0.5) is 5.69 Å². The highest BCUT2D eigenvalue weighted by Gasteiger charge is 2.31. The van der Waals surface area contributed by atoms with Gasteiger partial charge in [-0.25, -0.2) is 8.42 Å². The molecule has 2 aliphatic rings. The molecule has 4 rings (SSSR count). The lowest BCUT2D eigenvalue weighted by atomic mass is 10.2. The second-order valence-electron chi connectivity index (χ2n) is 6.77. The number of sulfonamides is 1. The maximum atomic E-state index is 13.0. The van der Waals surface area contributed by atoms with Gasteiger partial charge in [0.15, 0.2) is 6.61 Å². The fourth-order valence-electron chi connectivity index (χ4n) is 3.25. The molecular formula is C19H21N3O6S2. The molecule has 0 saturated carbocycles. The maximum Gasteiger partial charge on any atom is 0.265 e. The Kier molecular flexibility index (Phi) is 6.04. The Morgan fingerprint density at radius 3 is 2.73 bits per heavy atom. The molecule has 0 radical (unpaired) electrons. The molecule has 160 valence electrons. The van der Waals surface area contributed by atoms with Crippen LogP contribution >= 0.6 is 11.3 Å². The maximum absolute atomic E-state index is 13.0. The number of morpholine rings is 1. The fraction of sp³-hybridized carbons (Fsp3) is 0.368. The van der Waals surface area contributed by atoms with E-state index in [1.165, 1.54) is 38.7 Å². The first-order chi connectivity index (χ1) is 14.4. The van der Waals surface area contributed by atoms with E-state index in [1.54, 1.807) is 0 Å². The van der Waals surface area contributed by atoms with E-state index >= 15 is 0 Å². The number of hydrogen-bond donors (Lipinski definition) is 1. The van der Waals surface area contributed by atoms with Gasteiger partial charge in [-0.15, -0.1) is 11.3 Å². The van der Waals surface area contributed by atoms with Crippen molar-refractivity contribution in [3.63, 3.8) is 0 Å². The molecule has 3 heterocycles. The van der Waals surface area contributed by atoms with Crippen LogP contribution in [0.25, 0.3) is 0 Å². The van der Waals surface area contributed by atoms with E-state index in [-0.39, 0.29) is 42.7 Å². The first-order valence-electron chi connectivity index (χ1n) is 9.39. The number of carbonyl (C=O) groups excluding carboxylic acids is 2. The van der Waals surface area contributed by atoms with Crippen LogP contribution in [-0.2, 0) is 30.9 Å². The van der Waals surface area contributed by atoms with E-state index < -0.39 is 15.9 Å². The SMILES string of the molecule is O=C(CN1C(=O)COc2ccc(S(=O)(=O)N3CCOCC3)cc21)NCc1cccs1. The monoisotopic (exact) mass is 451 g/mol. The lowest BCUT2D eigenvalue weighted by molar-refractivity contribution is -0.125. The van der Waals surface area contributed by atoms with E-state index in [2.05, 4.69) is 5.32 Å². The molecule has 0 aliphatic carbocycles. The fourth-order valence-corrected chi connectivity index (χ4v) is 5.32. The summed E-state index contributed by atoms with van der Waals surface area (Å²) in [6.07, 6.45) is 0. The topological polar surface area (TPSA) is 105 Å². The van der Waals surface area contributed by atoms with Crippen molar-refractivity contribution >= 4 is 38.9 Å². The summed E-state index contributed by atoms with van der Waals surface area (Å²) in [5.74, 6) is -0.387. The zero-order chi connectivity index (χ0) is 21.1. The number of rotatable bonds is 6. The molecule has 9 nitrogen and oxygen atoms in total. The van der Waals surface area contributed by atoms with Crippen molar-refractivity contribution in [1.29, 1.82) is 0 Å². The molecule has 30 heavy (non-hydrogen) atoms. The highest BCUT2D eigenvalue weighted by atomic mass is 32.2. The summed E-state index contributed by atoms with van der Waals surface area (Å²) >= 11 is 1.52. The Hall–Kier alpha value is -2.47. The summed E-state index contributed by atoms with van der Waals surface area (Å²) in [4.78, 5) is 27.2. The number of benzene rings is 1. The van der Waals surface area contributed by atoms with Crippen molar-refractivity contribution in [2.75, 3.05) is 44.4 Å². The number of thiophene rings is 1. The van der Waals surface area contributed by atoms with Crippen LogP contribution < -0.4 is 15.0 Å². The molecule has 0 unspecified atom stereocenters. The smallest absolute Gasteiger partial charge is 0.265 e. The Morgan fingerprint density at radius 2 is 2.00 bits per heavy atom. The summed E-state index contributed by atoms with van der Waals surface area (Å²) in [6.45, 7) is 1.15. The van der Waals surface area contributed by atoms with Crippen molar-refractivity contribution in [1.82, 2.24) is 9.62 Å². The third-order valence-electron chi connectivity index (χ3n) is 4.82. The number of ether oxygens (including phenoxy) is 2. The molecule has 0 spiro atoms. The van der Waals surface area contributed by atoms with E-state index in [0.29, 0.717) is 25.5 Å². The molecule has 2 aromatic rings. The van der Waals surface area contributed by atoms with Crippen molar-refractivity contribution in [2.45, 2.75) is 11.4 Å². The van der Waals surface area contributed by atoms with Gasteiger partial charge in [0, 0.05) is 18.0 Å². The molecule has 0 atom stereocenters. The van der Waals surface area contributed by atoms with Crippen molar-refractivity contribution in [3.8, 4) is 5.75 Å². The summed E-state index contributed by atoms with van der Waals surface area (Å²) < 4.78 is 37.9. The molecule has 2 amide bonds. The van der Waals surface area contributed by atoms with Crippen LogP contribution in [0.1, 0.15) is 4.88 Å².